The molecule has 1 N–H and O–H groups in total. The highest BCUT2D eigenvalue weighted by Gasteiger charge is 2.40. The largest absolute Gasteiger partial charge is 0.473 e. The molecule has 1 saturated heterocycles. The molecule has 0 aliphatic carbocycles. The molecule has 7 heteroatoms. The lowest BCUT2D eigenvalue weighted by molar-refractivity contribution is -0.227. The van der Waals surface area contributed by atoms with Crippen LogP contribution in [-0.2, 0) is 14.3 Å². The summed E-state index contributed by atoms with van der Waals surface area (Å²) >= 11 is 0. The molecule has 1 aliphatic heterocycles. The van der Waals surface area contributed by atoms with Gasteiger partial charge in [-0.2, -0.15) is 0 Å². The molecule has 1 aromatic heterocycles. The number of pyridine rings is 1. The average Bonchev–Trinajstić information content (AvgIpc) is 2.69. The van der Waals surface area contributed by atoms with Crippen molar-refractivity contribution in [2.75, 3.05) is 25.1 Å². The Morgan fingerprint density at radius 3 is 2.74 bits per heavy atom. The number of anilines is 1. The Kier molecular flexibility index (Phi) is 5.83. The number of carbonyl (C=O) groups excluding carboxylic acids is 1. The second-order valence-corrected chi connectivity index (χ2v) is 6.48. The van der Waals surface area contributed by atoms with Crippen LogP contribution in [0.2, 0.25) is 0 Å². The molecule has 0 radical (unpaired) electrons. The molecule has 0 spiro atoms. The van der Waals surface area contributed by atoms with E-state index in [2.05, 4.69) is 16.9 Å². The summed E-state index contributed by atoms with van der Waals surface area (Å²) in [5.74, 6) is -0.229. The van der Waals surface area contributed by atoms with E-state index in [0.29, 0.717) is 23.7 Å². The first kappa shape index (κ1) is 19.0. The molecule has 2 aromatic rings. The highest BCUT2D eigenvalue weighted by Crippen LogP contribution is 2.33. The lowest BCUT2D eigenvalue weighted by atomic mass is 9.90. The van der Waals surface area contributed by atoms with E-state index in [1.54, 1.807) is 43.3 Å². The molecule has 6 nitrogen and oxygen atoms in total. The van der Waals surface area contributed by atoms with E-state index >= 15 is 0 Å². The Morgan fingerprint density at radius 2 is 2.11 bits per heavy atom. The Balaban J connectivity index is 1.59. The van der Waals surface area contributed by atoms with Crippen LogP contribution >= 0.6 is 0 Å². The van der Waals surface area contributed by atoms with Crippen LogP contribution in [-0.4, -0.2) is 30.7 Å². The minimum Gasteiger partial charge on any atom is -0.473 e. The number of hydrogen-bond donors (Lipinski definition) is 1. The number of nitrogens with zero attached hydrogens (tertiary/aromatic N) is 1. The maximum absolute atomic E-state index is 13.9. The van der Waals surface area contributed by atoms with E-state index < -0.39 is 17.5 Å². The molecule has 0 atom stereocenters. The van der Waals surface area contributed by atoms with Gasteiger partial charge in [-0.05, 0) is 19.1 Å². The summed E-state index contributed by atoms with van der Waals surface area (Å²) in [6.07, 6.45) is 2.30. The fraction of sp³-hybridized carbons (Fsp3) is 0.300. The standard InChI is InChI=1S/C20H21FN2O4/c1-3-10-25-17-9-8-14(11-22-17)23-19(24)20(2)12-26-18(27-13-20)15-6-4-5-7-16(15)21/h3-9,11,18H,1,10,12-13H2,2H3,(H,23,24). The van der Waals surface area contributed by atoms with Crippen molar-refractivity contribution in [3.63, 3.8) is 0 Å². The molecule has 2 heterocycles. The Labute approximate surface area is 157 Å². The van der Waals surface area contributed by atoms with Gasteiger partial charge in [-0.3, -0.25) is 4.79 Å². The number of halogens is 1. The SMILES string of the molecule is C=CCOc1ccc(NC(=O)C2(C)COC(c3ccccc3F)OC2)cn1. The summed E-state index contributed by atoms with van der Waals surface area (Å²) in [5, 5.41) is 2.79. The number of ether oxygens (including phenoxy) is 3. The minimum absolute atomic E-state index is 0.103. The van der Waals surface area contributed by atoms with Crippen molar-refractivity contribution in [3.05, 3.63) is 66.6 Å². The number of hydrogen-bond acceptors (Lipinski definition) is 5. The van der Waals surface area contributed by atoms with Crippen molar-refractivity contribution in [2.45, 2.75) is 13.2 Å². The van der Waals surface area contributed by atoms with Gasteiger partial charge in [-0.25, -0.2) is 9.37 Å². The van der Waals surface area contributed by atoms with Gasteiger partial charge < -0.3 is 19.5 Å². The number of rotatable bonds is 6. The van der Waals surface area contributed by atoms with Crippen molar-refractivity contribution >= 4 is 11.6 Å². The van der Waals surface area contributed by atoms with Crippen LogP contribution in [0.25, 0.3) is 0 Å². The quantitative estimate of drug-likeness (QED) is 0.787. The predicted octanol–water partition coefficient (Wildman–Crippen LogP) is 3.48. The maximum Gasteiger partial charge on any atom is 0.235 e. The molecule has 1 aromatic carbocycles. The summed E-state index contributed by atoms with van der Waals surface area (Å²) < 4.78 is 30.4. The van der Waals surface area contributed by atoms with Crippen LogP contribution in [0.5, 0.6) is 5.88 Å². The molecule has 0 saturated carbocycles. The summed E-state index contributed by atoms with van der Waals surface area (Å²) in [7, 11) is 0. The molecular weight excluding hydrogens is 351 g/mol. The summed E-state index contributed by atoms with van der Waals surface area (Å²) in [6.45, 7) is 5.86. The first-order valence-electron chi connectivity index (χ1n) is 8.51. The van der Waals surface area contributed by atoms with Crippen molar-refractivity contribution < 1.29 is 23.4 Å². The van der Waals surface area contributed by atoms with E-state index in [1.807, 2.05) is 0 Å². The van der Waals surface area contributed by atoms with E-state index in [4.69, 9.17) is 14.2 Å². The van der Waals surface area contributed by atoms with Gasteiger partial charge in [-0.1, -0.05) is 30.9 Å². The second kappa shape index (κ2) is 8.28. The molecule has 1 aliphatic rings. The lowest BCUT2D eigenvalue weighted by Gasteiger charge is -2.36. The predicted molar refractivity (Wildman–Crippen MR) is 97.7 cm³/mol. The lowest BCUT2D eigenvalue weighted by Crippen LogP contribution is -2.45. The van der Waals surface area contributed by atoms with E-state index in [1.165, 1.54) is 12.3 Å². The Morgan fingerprint density at radius 1 is 1.37 bits per heavy atom. The van der Waals surface area contributed by atoms with Crippen LogP contribution < -0.4 is 10.1 Å². The van der Waals surface area contributed by atoms with Gasteiger partial charge in [0.2, 0.25) is 11.8 Å². The van der Waals surface area contributed by atoms with Gasteiger partial charge in [-0.15, -0.1) is 0 Å². The van der Waals surface area contributed by atoms with Crippen LogP contribution in [0.3, 0.4) is 0 Å². The maximum atomic E-state index is 13.9. The van der Waals surface area contributed by atoms with Gasteiger partial charge in [0.05, 0.1) is 30.5 Å². The molecule has 0 unspecified atom stereocenters. The molecule has 1 amide bonds. The van der Waals surface area contributed by atoms with Crippen LogP contribution in [0, 0.1) is 11.2 Å². The minimum atomic E-state index is -0.903. The highest BCUT2D eigenvalue weighted by atomic mass is 19.1. The van der Waals surface area contributed by atoms with E-state index in [0.717, 1.165) is 0 Å². The topological polar surface area (TPSA) is 69.7 Å². The van der Waals surface area contributed by atoms with Gasteiger partial charge in [0.1, 0.15) is 12.4 Å². The van der Waals surface area contributed by atoms with Gasteiger partial charge in [0, 0.05) is 11.6 Å². The molecule has 3 rings (SSSR count). The van der Waals surface area contributed by atoms with Crippen molar-refractivity contribution in [1.29, 1.82) is 0 Å². The third-order valence-corrected chi connectivity index (χ3v) is 4.16. The molecule has 27 heavy (non-hydrogen) atoms. The number of amides is 1. The summed E-state index contributed by atoms with van der Waals surface area (Å²) in [4.78, 5) is 16.7. The molecular formula is C20H21FN2O4. The number of carbonyl (C=O) groups is 1. The zero-order valence-electron chi connectivity index (χ0n) is 15.0. The number of aromatic nitrogens is 1. The molecule has 0 bridgehead atoms. The number of benzene rings is 1. The van der Waals surface area contributed by atoms with Gasteiger partial charge in [0.15, 0.2) is 6.29 Å². The first-order chi connectivity index (χ1) is 13.0. The molecule has 142 valence electrons. The van der Waals surface area contributed by atoms with Crippen LogP contribution in [0.4, 0.5) is 10.1 Å². The zero-order valence-corrected chi connectivity index (χ0v) is 15.0. The monoisotopic (exact) mass is 372 g/mol. The van der Waals surface area contributed by atoms with E-state index in [-0.39, 0.29) is 19.1 Å². The Bertz CT molecular complexity index is 802. The van der Waals surface area contributed by atoms with Crippen molar-refractivity contribution in [1.82, 2.24) is 4.98 Å². The van der Waals surface area contributed by atoms with Crippen LogP contribution in [0.15, 0.2) is 55.3 Å². The van der Waals surface area contributed by atoms with Crippen molar-refractivity contribution in [3.8, 4) is 5.88 Å². The highest BCUT2D eigenvalue weighted by molar-refractivity contribution is 5.95. The van der Waals surface area contributed by atoms with Crippen LogP contribution in [0.1, 0.15) is 18.8 Å². The molecule has 1 fully saturated rings. The van der Waals surface area contributed by atoms with Crippen molar-refractivity contribution in [2.24, 2.45) is 5.41 Å². The second-order valence-electron chi connectivity index (χ2n) is 6.48. The van der Waals surface area contributed by atoms with Gasteiger partial charge in [0.25, 0.3) is 0 Å². The zero-order chi connectivity index (χ0) is 19.3. The van der Waals surface area contributed by atoms with Gasteiger partial charge >= 0.3 is 0 Å². The fourth-order valence-corrected chi connectivity index (χ4v) is 2.55. The fourth-order valence-electron chi connectivity index (χ4n) is 2.55. The normalized spacial score (nSPS) is 22.1. The third kappa shape index (κ3) is 4.50. The smallest absolute Gasteiger partial charge is 0.235 e. The average molecular weight is 372 g/mol. The number of nitrogens with one attached hydrogen (secondary N) is 1. The Hall–Kier alpha value is -2.77. The van der Waals surface area contributed by atoms with E-state index in [9.17, 15) is 9.18 Å². The first-order valence-corrected chi connectivity index (χ1v) is 8.51. The third-order valence-electron chi connectivity index (χ3n) is 4.16. The summed E-state index contributed by atoms with van der Waals surface area (Å²) in [6, 6.07) is 9.60. The summed E-state index contributed by atoms with van der Waals surface area (Å²) in [5.41, 5.74) is -0.0533.